The number of rotatable bonds is 4. The Labute approximate surface area is 131 Å². The quantitative estimate of drug-likeness (QED) is 0.896. The van der Waals surface area contributed by atoms with E-state index in [4.69, 9.17) is 0 Å². The van der Waals surface area contributed by atoms with Crippen LogP contribution < -0.4 is 0 Å². The van der Waals surface area contributed by atoms with Gasteiger partial charge in [0.25, 0.3) is 0 Å². The maximum atomic E-state index is 13.8. The topological polar surface area (TPSA) is 38.0 Å². The second-order valence-electron chi connectivity index (χ2n) is 5.61. The third-order valence-corrected chi connectivity index (χ3v) is 4.58. The molecule has 0 amide bonds. The van der Waals surface area contributed by atoms with E-state index in [1.807, 2.05) is 16.9 Å². The van der Waals surface area contributed by atoms with Gasteiger partial charge in [-0.25, -0.2) is 4.39 Å². The Hall–Kier alpha value is -1.20. The van der Waals surface area contributed by atoms with Crippen LogP contribution >= 0.6 is 15.9 Å². The van der Waals surface area contributed by atoms with Crippen LogP contribution in [-0.2, 0) is 6.42 Å². The van der Waals surface area contributed by atoms with Gasteiger partial charge in [0.05, 0.1) is 17.8 Å². The highest BCUT2D eigenvalue weighted by Crippen LogP contribution is 2.29. The van der Waals surface area contributed by atoms with Crippen LogP contribution in [0.3, 0.4) is 0 Å². The van der Waals surface area contributed by atoms with E-state index >= 15 is 0 Å². The van der Waals surface area contributed by atoms with Crippen LogP contribution in [-0.4, -0.2) is 14.9 Å². The lowest BCUT2D eigenvalue weighted by Crippen LogP contribution is -2.08. The maximum absolute atomic E-state index is 13.8. The van der Waals surface area contributed by atoms with Gasteiger partial charge >= 0.3 is 0 Å². The van der Waals surface area contributed by atoms with Gasteiger partial charge in [-0.05, 0) is 37.1 Å². The third-order valence-electron chi connectivity index (χ3n) is 4.08. The van der Waals surface area contributed by atoms with Crippen LogP contribution in [0.5, 0.6) is 0 Å². The van der Waals surface area contributed by atoms with Crippen molar-refractivity contribution in [3.63, 3.8) is 0 Å². The van der Waals surface area contributed by atoms with Crippen LogP contribution in [0.4, 0.5) is 4.39 Å². The average Bonchev–Trinajstić information content (AvgIpc) is 3.11. The SMILES string of the molecule is OC(Cc1ccn(C2CCCC2)n1)c1cc(Br)ccc1F. The van der Waals surface area contributed by atoms with Crippen LogP contribution in [0, 0.1) is 5.82 Å². The molecule has 1 aromatic carbocycles. The fourth-order valence-electron chi connectivity index (χ4n) is 2.94. The molecule has 0 saturated heterocycles. The molecule has 0 aliphatic heterocycles. The number of halogens is 2. The highest BCUT2D eigenvalue weighted by Gasteiger charge is 2.19. The predicted octanol–water partition coefficient (Wildman–Crippen LogP) is 4.18. The zero-order chi connectivity index (χ0) is 14.8. The summed E-state index contributed by atoms with van der Waals surface area (Å²) in [6.07, 6.45) is 6.27. The minimum Gasteiger partial charge on any atom is -0.388 e. The highest BCUT2D eigenvalue weighted by atomic mass is 79.9. The Morgan fingerprint density at radius 1 is 1.33 bits per heavy atom. The van der Waals surface area contributed by atoms with Crippen LogP contribution in [0.15, 0.2) is 34.9 Å². The van der Waals surface area contributed by atoms with Gasteiger partial charge in [-0.15, -0.1) is 0 Å². The van der Waals surface area contributed by atoms with E-state index in [0.717, 1.165) is 10.2 Å². The summed E-state index contributed by atoms with van der Waals surface area (Å²) in [4.78, 5) is 0. The minimum absolute atomic E-state index is 0.305. The van der Waals surface area contributed by atoms with Crippen molar-refractivity contribution in [2.45, 2.75) is 44.2 Å². The standard InChI is InChI=1S/C16H18BrFN2O/c17-11-5-6-15(18)14(9-11)16(21)10-12-7-8-20(19-12)13-3-1-2-4-13/h5-9,13,16,21H,1-4,10H2. The molecule has 0 bridgehead atoms. The van der Waals surface area contributed by atoms with Crippen molar-refractivity contribution in [3.8, 4) is 0 Å². The van der Waals surface area contributed by atoms with E-state index in [1.54, 1.807) is 12.1 Å². The van der Waals surface area contributed by atoms with Gasteiger partial charge in [-0.1, -0.05) is 28.8 Å². The third kappa shape index (κ3) is 3.35. The maximum Gasteiger partial charge on any atom is 0.129 e. The van der Waals surface area contributed by atoms with E-state index in [2.05, 4.69) is 21.0 Å². The van der Waals surface area contributed by atoms with Crippen molar-refractivity contribution in [2.75, 3.05) is 0 Å². The van der Waals surface area contributed by atoms with Crippen molar-refractivity contribution in [1.29, 1.82) is 0 Å². The molecule has 1 atom stereocenters. The Morgan fingerprint density at radius 2 is 2.10 bits per heavy atom. The number of aliphatic hydroxyl groups is 1. The summed E-state index contributed by atoms with van der Waals surface area (Å²) in [5.41, 5.74) is 1.11. The summed E-state index contributed by atoms with van der Waals surface area (Å²) < 4.78 is 16.5. The first-order valence-corrected chi connectivity index (χ1v) is 8.10. The van der Waals surface area contributed by atoms with Crippen LogP contribution in [0.1, 0.15) is 49.1 Å². The largest absolute Gasteiger partial charge is 0.388 e. The molecule has 5 heteroatoms. The van der Waals surface area contributed by atoms with E-state index in [1.165, 1.54) is 31.7 Å². The summed E-state index contributed by atoms with van der Waals surface area (Å²) in [5, 5.41) is 14.8. The Morgan fingerprint density at radius 3 is 2.86 bits per heavy atom. The first-order valence-electron chi connectivity index (χ1n) is 7.30. The van der Waals surface area contributed by atoms with E-state index in [9.17, 15) is 9.50 Å². The van der Waals surface area contributed by atoms with Gasteiger partial charge in [0, 0.05) is 22.7 Å². The average molecular weight is 353 g/mol. The molecule has 3 rings (SSSR count). The van der Waals surface area contributed by atoms with Gasteiger partial charge < -0.3 is 5.11 Å². The van der Waals surface area contributed by atoms with Crippen LogP contribution in [0.25, 0.3) is 0 Å². The molecule has 1 heterocycles. The van der Waals surface area contributed by atoms with Crippen molar-refractivity contribution in [2.24, 2.45) is 0 Å². The molecule has 2 aromatic rings. The molecule has 1 aromatic heterocycles. The van der Waals surface area contributed by atoms with Gasteiger partial charge in [-0.3, -0.25) is 4.68 Å². The van der Waals surface area contributed by atoms with Crippen molar-refractivity contribution >= 4 is 15.9 Å². The van der Waals surface area contributed by atoms with Gasteiger partial charge in [0.2, 0.25) is 0 Å². The molecule has 1 unspecified atom stereocenters. The molecule has 1 aliphatic carbocycles. The molecule has 3 nitrogen and oxygen atoms in total. The number of nitrogens with zero attached hydrogens (tertiary/aromatic N) is 2. The van der Waals surface area contributed by atoms with E-state index in [-0.39, 0.29) is 5.82 Å². The molecule has 1 saturated carbocycles. The fraction of sp³-hybridized carbons (Fsp3) is 0.438. The summed E-state index contributed by atoms with van der Waals surface area (Å²) in [5.74, 6) is -0.388. The lowest BCUT2D eigenvalue weighted by Gasteiger charge is -2.12. The number of aliphatic hydroxyl groups excluding tert-OH is 1. The number of hydrogen-bond donors (Lipinski definition) is 1. The second kappa shape index (κ2) is 6.28. The normalized spacial score (nSPS) is 17.3. The van der Waals surface area contributed by atoms with Crippen molar-refractivity contribution in [1.82, 2.24) is 9.78 Å². The van der Waals surface area contributed by atoms with Crippen LogP contribution in [0.2, 0.25) is 0 Å². The zero-order valence-electron chi connectivity index (χ0n) is 11.7. The smallest absolute Gasteiger partial charge is 0.129 e. The lowest BCUT2D eigenvalue weighted by molar-refractivity contribution is 0.172. The van der Waals surface area contributed by atoms with E-state index in [0.29, 0.717) is 18.0 Å². The van der Waals surface area contributed by atoms with Gasteiger partial charge in [0.1, 0.15) is 5.82 Å². The number of hydrogen-bond acceptors (Lipinski definition) is 2. The molecule has 1 fully saturated rings. The minimum atomic E-state index is -0.880. The molecule has 1 aliphatic rings. The Balaban J connectivity index is 1.72. The van der Waals surface area contributed by atoms with E-state index < -0.39 is 6.10 Å². The molecular weight excluding hydrogens is 335 g/mol. The first-order chi connectivity index (χ1) is 10.1. The molecule has 112 valence electrons. The fourth-order valence-corrected chi connectivity index (χ4v) is 3.32. The Kier molecular flexibility index (Phi) is 4.40. The Bertz CT molecular complexity index is 622. The second-order valence-corrected chi connectivity index (χ2v) is 6.53. The number of aromatic nitrogens is 2. The highest BCUT2D eigenvalue weighted by molar-refractivity contribution is 9.10. The summed E-state index contributed by atoms with van der Waals surface area (Å²) in [6.45, 7) is 0. The molecule has 0 radical (unpaired) electrons. The summed E-state index contributed by atoms with van der Waals surface area (Å²) in [6, 6.07) is 7.00. The molecular formula is C16H18BrFN2O. The van der Waals surface area contributed by atoms with Gasteiger partial charge in [-0.2, -0.15) is 5.10 Å². The predicted molar refractivity (Wildman–Crippen MR) is 82.5 cm³/mol. The van der Waals surface area contributed by atoms with Crippen molar-refractivity contribution in [3.05, 3.63) is 52.0 Å². The van der Waals surface area contributed by atoms with Crippen molar-refractivity contribution < 1.29 is 9.50 Å². The molecule has 21 heavy (non-hydrogen) atoms. The first kappa shape index (κ1) is 14.7. The molecule has 1 N–H and O–H groups in total. The summed E-state index contributed by atoms with van der Waals surface area (Å²) in [7, 11) is 0. The van der Waals surface area contributed by atoms with Gasteiger partial charge in [0.15, 0.2) is 0 Å². The molecule has 0 spiro atoms. The summed E-state index contributed by atoms with van der Waals surface area (Å²) >= 11 is 3.30. The number of benzene rings is 1. The monoisotopic (exact) mass is 352 g/mol. The zero-order valence-corrected chi connectivity index (χ0v) is 13.3. The lowest BCUT2D eigenvalue weighted by atomic mass is 10.0.